The minimum atomic E-state index is -1.59. The van der Waals surface area contributed by atoms with E-state index in [9.17, 15) is 19.3 Å². The molecule has 1 rings (SSSR count). The summed E-state index contributed by atoms with van der Waals surface area (Å²) in [4.78, 5) is 19.5. The number of carboxylic acid groups (broad SMARTS) is 1. The number of rotatable bonds is 2. The van der Waals surface area contributed by atoms with Gasteiger partial charge in [0.1, 0.15) is 11.4 Å². The molecule has 0 amide bonds. The van der Waals surface area contributed by atoms with Gasteiger partial charge in [-0.25, -0.2) is 9.18 Å². The first-order valence-electron chi connectivity index (χ1n) is 3.34. The molecule has 0 bridgehead atoms. The molecule has 0 aliphatic carbocycles. The lowest BCUT2D eigenvalue weighted by Crippen LogP contribution is -2.04. The molecular formula is C7H4FNO4S. The Bertz CT molecular complexity index is 420. The summed E-state index contributed by atoms with van der Waals surface area (Å²) in [6, 6.07) is 1.59. The number of hydrogen-bond acceptors (Lipinski definition) is 4. The summed E-state index contributed by atoms with van der Waals surface area (Å²) >= 11 is 3.60. The number of aromatic carboxylic acids is 1. The van der Waals surface area contributed by atoms with Crippen LogP contribution in [0.15, 0.2) is 17.0 Å². The Balaban J connectivity index is 3.49. The van der Waals surface area contributed by atoms with Crippen molar-refractivity contribution < 1.29 is 19.2 Å². The molecule has 5 nitrogen and oxygen atoms in total. The highest BCUT2D eigenvalue weighted by Gasteiger charge is 2.22. The fourth-order valence-electron chi connectivity index (χ4n) is 0.906. The molecule has 0 unspecified atom stereocenters. The number of thiol groups is 1. The van der Waals surface area contributed by atoms with Crippen molar-refractivity contribution in [2.24, 2.45) is 0 Å². The zero-order valence-corrected chi connectivity index (χ0v) is 7.49. The van der Waals surface area contributed by atoms with Gasteiger partial charge in [-0.15, -0.1) is 12.6 Å². The second-order valence-electron chi connectivity index (χ2n) is 2.35. The summed E-state index contributed by atoms with van der Waals surface area (Å²) in [7, 11) is 0. The Hall–Kier alpha value is -1.63. The molecule has 1 N–H and O–H groups in total. The average Bonchev–Trinajstić information content (AvgIpc) is 2.02. The zero-order chi connectivity index (χ0) is 10.9. The van der Waals surface area contributed by atoms with Gasteiger partial charge < -0.3 is 5.11 Å². The van der Waals surface area contributed by atoms with Gasteiger partial charge in [0.2, 0.25) is 0 Å². The molecule has 0 aromatic heterocycles. The monoisotopic (exact) mass is 217 g/mol. The Morgan fingerprint density at radius 1 is 1.57 bits per heavy atom. The Morgan fingerprint density at radius 3 is 2.57 bits per heavy atom. The fourth-order valence-corrected chi connectivity index (χ4v) is 1.26. The minimum absolute atomic E-state index is 0.484. The third kappa shape index (κ3) is 1.67. The number of hydrogen-bond donors (Lipinski definition) is 2. The maximum atomic E-state index is 12.9. The van der Waals surface area contributed by atoms with Crippen LogP contribution in [-0.2, 0) is 0 Å². The number of carbonyl (C=O) groups is 1. The molecule has 1 aromatic carbocycles. The molecule has 0 fully saturated rings. The van der Waals surface area contributed by atoms with Crippen LogP contribution in [-0.4, -0.2) is 16.0 Å². The maximum Gasteiger partial charge on any atom is 0.340 e. The topological polar surface area (TPSA) is 80.4 Å². The normalized spacial score (nSPS) is 9.86. The van der Waals surface area contributed by atoms with Crippen LogP contribution in [0.4, 0.5) is 10.1 Å². The first-order chi connectivity index (χ1) is 6.45. The van der Waals surface area contributed by atoms with Gasteiger partial charge in [-0.3, -0.25) is 10.1 Å². The van der Waals surface area contributed by atoms with Crippen LogP contribution in [0.2, 0.25) is 0 Å². The lowest BCUT2D eigenvalue weighted by Gasteiger charge is -2.01. The number of carboxylic acids is 1. The van der Waals surface area contributed by atoms with Gasteiger partial charge in [0.25, 0.3) is 5.69 Å². The average molecular weight is 217 g/mol. The highest BCUT2D eigenvalue weighted by Crippen LogP contribution is 2.27. The quantitative estimate of drug-likeness (QED) is 0.449. The van der Waals surface area contributed by atoms with E-state index in [-0.39, 0.29) is 0 Å². The van der Waals surface area contributed by atoms with Crippen molar-refractivity contribution in [1.29, 1.82) is 0 Å². The molecule has 0 heterocycles. The van der Waals surface area contributed by atoms with E-state index in [1.54, 1.807) is 0 Å². The van der Waals surface area contributed by atoms with E-state index in [1.165, 1.54) is 0 Å². The predicted octanol–water partition coefficient (Wildman–Crippen LogP) is 1.72. The van der Waals surface area contributed by atoms with E-state index >= 15 is 0 Å². The number of nitro groups is 1. The first kappa shape index (κ1) is 10.5. The number of halogens is 1. The molecule has 0 radical (unpaired) electrons. The van der Waals surface area contributed by atoms with E-state index in [4.69, 9.17) is 5.11 Å². The molecule has 0 atom stereocenters. The van der Waals surface area contributed by atoms with Crippen LogP contribution >= 0.6 is 12.6 Å². The highest BCUT2D eigenvalue weighted by atomic mass is 32.1. The van der Waals surface area contributed by atoms with Crippen LogP contribution in [0.25, 0.3) is 0 Å². The Kier molecular flexibility index (Phi) is 2.70. The highest BCUT2D eigenvalue weighted by molar-refractivity contribution is 7.80. The van der Waals surface area contributed by atoms with Crippen molar-refractivity contribution in [2.45, 2.75) is 4.90 Å². The third-order valence-corrected chi connectivity index (χ3v) is 1.97. The second kappa shape index (κ2) is 3.62. The van der Waals surface area contributed by atoms with Crippen molar-refractivity contribution in [3.63, 3.8) is 0 Å². The largest absolute Gasteiger partial charge is 0.478 e. The van der Waals surface area contributed by atoms with Crippen LogP contribution in [0.1, 0.15) is 10.4 Å². The van der Waals surface area contributed by atoms with Crippen molar-refractivity contribution in [3.05, 3.63) is 33.6 Å². The standard InChI is InChI=1S/C7H4FNO4S/c8-3-1-2-4(9(12)13)6(14)5(3)7(10)11/h1-2,14H,(H,10,11). The lowest BCUT2D eigenvalue weighted by molar-refractivity contribution is -0.387. The molecule has 0 aliphatic rings. The number of nitrogens with zero attached hydrogens (tertiary/aromatic N) is 1. The number of nitro benzene ring substituents is 1. The minimum Gasteiger partial charge on any atom is -0.478 e. The smallest absolute Gasteiger partial charge is 0.340 e. The Labute approximate surface area is 82.7 Å². The van der Waals surface area contributed by atoms with Gasteiger partial charge >= 0.3 is 5.97 Å². The van der Waals surface area contributed by atoms with Gasteiger partial charge in [0.15, 0.2) is 0 Å². The van der Waals surface area contributed by atoms with Gasteiger partial charge in [-0.1, -0.05) is 0 Å². The van der Waals surface area contributed by atoms with E-state index in [1.807, 2.05) is 0 Å². The summed E-state index contributed by atoms with van der Waals surface area (Å²) in [5, 5.41) is 18.9. The fraction of sp³-hybridized carbons (Fsp3) is 0. The third-order valence-electron chi connectivity index (χ3n) is 1.52. The van der Waals surface area contributed by atoms with Gasteiger partial charge in [0, 0.05) is 6.07 Å². The predicted molar refractivity (Wildman–Crippen MR) is 47.3 cm³/mol. The maximum absolute atomic E-state index is 12.9. The van der Waals surface area contributed by atoms with Gasteiger partial charge in [0.05, 0.1) is 9.82 Å². The molecule has 1 aromatic rings. The van der Waals surface area contributed by atoms with E-state index in [0.717, 1.165) is 12.1 Å². The molecule has 0 saturated heterocycles. The van der Waals surface area contributed by atoms with Crippen molar-refractivity contribution in [3.8, 4) is 0 Å². The Morgan fingerprint density at radius 2 is 2.14 bits per heavy atom. The first-order valence-corrected chi connectivity index (χ1v) is 3.79. The molecule has 74 valence electrons. The van der Waals surface area contributed by atoms with Crippen LogP contribution in [0.3, 0.4) is 0 Å². The molecule has 14 heavy (non-hydrogen) atoms. The molecular weight excluding hydrogens is 213 g/mol. The van der Waals surface area contributed by atoms with Crippen LogP contribution < -0.4 is 0 Å². The van der Waals surface area contributed by atoms with Crippen molar-refractivity contribution >= 4 is 24.3 Å². The van der Waals surface area contributed by atoms with E-state index in [2.05, 4.69) is 12.6 Å². The van der Waals surface area contributed by atoms with E-state index in [0.29, 0.717) is 0 Å². The summed E-state index contributed by atoms with van der Waals surface area (Å²) in [5.74, 6) is -2.63. The second-order valence-corrected chi connectivity index (χ2v) is 2.80. The van der Waals surface area contributed by atoms with Crippen molar-refractivity contribution in [2.75, 3.05) is 0 Å². The van der Waals surface area contributed by atoms with Crippen LogP contribution in [0, 0.1) is 15.9 Å². The van der Waals surface area contributed by atoms with Crippen molar-refractivity contribution in [1.82, 2.24) is 0 Å². The zero-order valence-electron chi connectivity index (χ0n) is 6.60. The molecule has 0 spiro atoms. The molecule has 0 saturated carbocycles. The molecule has 7 heteroatoms. The molecule has 0 aliphatic heterocycles. The summed E-state index contributed by atoms with van der Waals surface area (Å²) in [6.07, 6.45) is 0. The summed E-state index contributed by atoms with van der Waals surface area (Å²) < 4.78 is 12.9. The lowest BCUT2D eigenvalue weighted by atomic mass is 10.2. The van der Waals surface area contributed by atoms with Gasteiger partial charge in [-0.05, 0) is 6.07 Å². The van der Waals surface area contributed by atoms with Crippen LogP contribution in [0.5, 0.6) is 0 Å². The SMILES string of the molecule is O=C(O)c1c(F)ccc([N+](=O)[O-])c1S. The van der Waals surface area contributed by atoms with Gasteiger partial charge in [-0.2, -0.15) is 0 Å². The summed E-state index contributed by atoms with van der Waals surface area (Å²) in [6.45, 7) is 0. The van der Waals surface area contributed by atoms with E-state index < -0.39 is 32.9 Å². The number of benzene rings is 1. The summed E-state index contributed by atoms with van der Waals surface area (Å²) in [5.41, 5.74) is -1.32.